The lowest BCUT2D eigenvalue weighted by Crippen LogP contribution is -2.30. The van der Waals surface area contributed by atoms with Crippen LogP contribution in [0.4, 0.5) is 11.8 Å². The van der Waals surface area contributed by atoms with Crippen LogP contribution in [0.25, 0.3) is 10.9 Å². The second kappa shape index (κ2) is 6.96. The summed E-state index contributed by atoms with van der Waals surface area (Å²) in [5.74, 6) is 5.37. The van der Waals surface area contributed by atoms with Crippen molar-refractivity contribution in [2.75, 3.05) is 29.5 Å². The monoisotopic (exact) mass is 368 g/mol. The maximum Gasteiger partial charge on any atom is 0.228 e. The van der Waals surface area contributed by atoms with Gasteiger partial charge in [0.15, 0.2) is 0 Å². The van der Waals surface area contributed by atoms with Crippen molar-refractivity contribution in [2.45, 2.75) is 13.8 Å². The van der Waals surface area contributed by atoms with Crippen LogP contribution in [0.5, 0.6) is 0 Å². The highest BCUT2D eigenvalue weighted by Gasteiger charge is 2.23. The molecular weight excluding hydrogens is 344 g/mol. The standard InChI is InChI=1S/C20H24N4OS/c1-5-7-15-13-24(10-11-26(4,25)18(15)6-2)20-22-17-9-8-14(3)12-16(17)19(21)23-20/h5-9,12H,2,4,10-11,13H2,1,3H3,(H2,21,22,23)/b7-5-. The number of nitrogen functional groups attached to an aromatic ring is 1. The zero-order chi connectivity index (χ0) is 18.9. The smallest absolute Gasteiger partial charge is 0.228 e. The topological polar surface area (TPSA) is 72.1 Å². The molecule has 0 fully saturated rings. The van der Waals surface area contributed by atoms with Gasteiger partial charge in [-0.1, -0.05) is 36.4 Å². The van der Waals surface area contributed by atoms with Gasteiger partial charge in [-0.25, -0.2) is 4.98 Å². The molecule has 0 spiro atoms. The molecule has 1 unspecified atom stereocenters. The molecule has 1 aromatic carbocycles. The van der Waals surface area contributed by atoms with Gasteiger partial charge in [0.05, 0.1) is 5.52 Å². The van der Waals surface area contributed by atoms with Crippen LogP contribution in [0.2, 0.25) is 0 Å². The van der Waals surface area contributed by atoms with Crippen LogP contribution >= 0.6 is 0 Å². The van der Waals surface area contributed by atoms with Crippen molar-refractivity contribution in [3.05, 3.63) is 59.0 Å². The molecule has 0 saturated heterocycles. The Labute approximate surface area is 155 Å². The molecule has 0 saturated carbocycles. The van der Waals surface area contributed by atoms with Crippen molar-refractivity contribution in [3.63, 3.8) is 0 Å². The van der Waals surface area contributed by atoms with Gasteiger partial charge in [0.25, 0.3) is 0 Å². The summed E-state index contributed by atoms with van der Waals surface area (Å²) in [5.41, 5.74) is 9.02. The summed E-state index contributed by atoms with van der Waals surface area (Å²) >= 11 is 0. The molecule has 2 heterocycles. The van der Waals surface area contributed by atoms with Crippen molar-refractivity contribution in [2.24, 2.45) is 0 Å². The first-order valence-electron chi connectivity index (χ1n) is 8.48. The number of hydrogen-bond acceptors (Lipinski definition) is 5. The number of nitrogens with zero attached hydrogens (tertiary/aromatic N) is 3. The molecule has 1 atom stereocenters. The van der Waals surface area contributed by atoms with E-state index >= 15 is 0 Å². The Hall–Kier alpha value is -2.60. The first-order chi connectivity index (χ1) is 12.4. The first-order valence-corrected chi connectivity index (χ1v) is 10.4. The van der Waals surface area contributed by atoms with Crippen LogP contribution in [0.15, 0.2) is 53.5 Å². The fraction of sp³-hybridized carbons (Fsp3) is 0.250. The molecule has 3 rings (SSSR count). The summed E-state index contributed by atoms with van der Waals surface area (Å²) in [6.45, 7) is 8.85. The van der Waals surface area contributed by atoms with Gasteiger partial charge >= 0.3 is 0 Å². The van der Waals surface area contributed by atoms with Crippen molar-refractivity contribution in [1.82, 2.24) is 9.97 Å². The third kappa shape index (κ3) is 3.37. The molecule has 0 amide bonds. The van der Waals surface area contributed by atoms with Gasteiger partial charge in [-0.2, -0.15) is 4.98 Å². The van der Waals surface area contributed by atoms with Crippen LogP contribution in [0.3, 0.4) is 0 Å². The van der Waals surface area contributed by atoms with E-state index in [0.29, 0.717) is 35.5 Å². The van der Waals surface area contributed by atoms with Gasteiger partial charge in [0.1, 0.15) is 5.82 Å². The SMILES string of the molecule is C=CC1=C(/C=C\C)CN(c2nc(N)c3cc(C)ccc3n2)CCS1(=C)=O. The number of fused-ring (bicyclic) bond motifs is 1. The fourth-order valence-electron chi connectivity index (χ4n) is 3.15. The lowest BCUT2D eigenvalue weighted by atomic mass is 10.1. The van der Waals surface area contributed by atoms with Crippen molar-refractivity contribution in [1.29, 1.82) is 0 Å². The highest BCUT2D eigenvalue weighted by Crippen LogP contribution is 2.26. The number of anilines is 2. The fourth-order valence-corrected chi connectivity index (χ4v) is 4.80. The summed E-state index contributed by atoms with van der Waals surface area (Å²) in [7, 11) is -2.40. The van der Waals surface area contributed by atoms with E-state index < -0.39 is 9.52 Å². The largest absolute Gasteiger partial charge is 0.383 e. The number of rotatable bonds is 3. The molecule has 1 aromatic heterocycles. The average Bonchev–Trinajstić information content (AvgIpc) is 2.71. The van der Waals surface area contributed by atoms with E-state index in [1.54, 1.807) is 6.08 Å². The number of allylic oxidation sites excluding steroid dienone is 2. The minimum Gasteiger partial charge on any atom is -0.383 e. The van der Waals surface area contributed by atoms with Crippen LogP contribution in [0.1, 0.15) is 12.5 Å². The van der Waals surface area contributed by atoms with Crippen molar-refractivity contribution >= 4 is 38.1 Å². The molecule has 1 aliphatic rings. The molecule has 6 heteroatoms. The van der Waals surface area contributed by atoms with Gasteiger partial charge in [0.2, 0.25) is 5.95 Å². The lowest BCUT2D eigenvalue weighted by molar-refractivity contribution is 0.685. The Bertz CT molecular complexity index is 1040. The molecule has 0 bridgehead atoms. The molecule has 26 heavy (non-hydrogen) atoms. The third-order valence-corrected chi connectivity index (χ3v) is 6.55. The summed E-state index contributed by atoms with van der Waals surface area (Å²) in [4.78, 5) is 11.9. The number of hydrogen-bond donors (Lipinski definition) is 1. The van der Waals surface area contributed by atoms with Gasteiger partial charge in [0, 0.05) is 29.1 Å². The molecule has 1 aliphatic heterocycles. The molecule has 2 N–H and O–H groups in total. The Kier molecular flexibility index (Phi) is 4.87. The molecular formula is C20H24N4OS. The van der Waals surface area contributed by atoms with E-state index in [2.05, 4.69) is 22.4 Å². The van der Waals surface area contributed by atoms with Gasteiger partial charge in [-0.15, -0.1) is 0 Å². The van der Waals surface area contributed by atoms with E-state index in [-0.39, 0.29) is 0 Å². The number of benzene rings is 1. The summed E-state index contributed by atoms with van der Waals surface area (Å²) in [6, 6.07) is 5.94. The van der Waals surface area contributed by atoms with Crippen LogP contribution in [-0.4, -0.2) is 38.9 Å². The van der Waals surface area contributed by atoms with E-state index in [1.807, 2.05) is 49.1 Å². The van der Waals surface area contributed by atoms with Gasteiger partial charge < -0.3 is 10.6 Å². The lowest BCUT2D eigenvalue weighted by Gasteiger charge is -2.21. The first kappa shape index (κ1) is 18.2. The Morgan fingerprint density at radius 1 is 1.35 bits per heavy atom. The normalized spacial score (nSPS) is 21.4. The summed E-state index contributed by atoms with van der Waals surface area (Å²) < 4.78 is 13.0. The molecule has 0 radical (unpaired) electrons. The minimum absolute atomic E-state index is 0.421. The van der Waals surface area contributed by atoms with E-state index in [1.165, 1.54) is 0 Å². The summed E-state index contributed by atoms with van der Waals surface area (Å²) in [5, 5.41) is 0.848. The summed E-state index contributed by atoms with van der Waals surface area (Å²) in [6.07, 6.45) is 5.54. The van der Waals surface area contributed by atoms with Gasteiger partial charge in [-0.3, -0.25) is 4.21 Å². The molecule has 0 aliphatic carbocycles. The van der Waals surface area contributed by atoms with Gasteiger partial charge in [-0.05, 0) is 46.9 Å². The van der Waals surface area contributed by atoms with Crippen LogP contribution in [0, 0.1) is 6.92 Å². The highest BCUT2D eigenvalue weighted by molar-refractivity contribution is 8.04. The molecule has 136 valence electrons. The van der Waals surface area contributed by atoms with Crippen LogP contribution in [-0.2, 0) is 9.52 Å². The van der Waals surface area contributed by atoms with Crippen molar-refractivity contribution in [3.8, 4) is 0 Å². The predicted molar refractivity (Wildman–Crippen MR) is 113 cm³/mol. The number of nitrogens with two attached hydrogens (primary N) is 1. The number of aromatic nitrogens is 2. The third-order valence-electron chi connectivity index (χ3n) is 4.47. The second-order valence-corrected chi connectivity index (χ2v) is 8.93. The quantitative estimate of drug-likeness (QED) is 0.843. The highest BCUT2D eigenvalue weighted by atomic mass is 32.2. The van der Waals surface area contributed by atoms with E-state index in [4.69, 9.17) is 5.73 Å². The van der Waals surface area contributed by atoms with Crippen LogP contribution < -0.4 is 10.6 Å². The molecule has 5 nitrogen and oxygen atoms in total. The maximum atomic E-state index is 13.0. The van der Waals surface area contributed by atoms with E-state index in [0.717, 1.165) is 22.0 Å². The van der Waals surface area contributed by atoms with E-state index in [9.17, 15) is 4.21 Å². The average molecular weight is 369 g/mol. The molecule has 2 aromatic rings. The zero-order valence-corrected chi connectivity index (χ0v) is 16.1. The zero-order valence-electron chi connectivity index (χ0n) is 15.2. The Morgan fingerprint density at radius 3 is 2.81 bits per heavy atom. The second-order valence-electron chi connectivity index (χ2n) is 6.46. The Balaban J connectivity index is 2.10. The number of aryl methyl sites for hydroxylation is 1. The maximum absolute atomic E-state index is 13.0. The Morgan fingerprint density at radius 2 is 2.12 bits per heavy atom. The minimum atomic E-state index is -2.40. The predicted octanol–water partition coefficient (Wildman–Crippen LogP) is 3.07. The van der Waals surface area contributed by atoms with Crippen molar-refractivity contribution < 1.29 is 4.21 Å².